The zero-order chi connectivity index (χ0) is 21.2. The highest BCUT2D eigenvalue weighted by Gasteiger charge is 2.06. The summed E-state index contributed by atoms with van der Waals surface area (Å²) in [6.07, 6.45) is 5.01. The van der Waals surface area contributed by atoms with Gasteiger partial charge in [-0.25, -0.2) is 10.1 Å². The van der Waals surface area contributed by atoms with Crippen LogP contribution in [0.1, 0.15) is 5.56 Å². The summed E-state index contributed by atoms with van der Waals surface area (Å²) in [5.74, 6) is 1.62. The fourth-order valence-electron chi connectivity index (χ4n) is 2.51. The number of carbonyl (C=O) groups excluding carboxylic acids is 1. The molecule has 0 aliphatic rings. The number of methoxy groups -OCH3 is 2. The van der Waals surface area contributed by atoms with Gasteiger partial charge in [-0.1, -0.05) is 0 Å². The molecule has 0 atom stereocenters. The Hall–Kier alpha value is -4.01. The maximum Gasteiger partial charge on any atom is 0.259 e. The van der Waals surface area contributed by atoms with Crippen LogP contribution in [0, 0.1) is 0 Å². The minimum atomic E-state index is -0.272. The molecule has 0 aliphatic carbocycles. The van der Waals surface area contributed by atoms with E-state index in [0.29, 0.717) is 11.5 Å². The van der Waals surface area contributed by atoms with E-state index in [0.717, 1.165) is 17.0 Å². The minimum Gasteiger partial charge on any atom is -0.497 e. The molecule has 9 heteroatoms. The minimum absolute atomic E-state index is 0.0878. The van der Waals surface area contributed by atoms with Gasteiger partial charge in [-0.3, -0.25) is 4.79 Å². The number of aromatic nitrogens is 2. The van der Waals surface area contributed by atoms with E-state index < -0.39 is 0 Å². The second kappa shape index (κ2) is 10.5. The normalized spacial score (nSPS) is 10.6. The Kier molecular flexibility index (Phi) is 7.26. The zero-order valence-electron chi connectivity index (χ0n) is 16.7. The average molecular weight is 409 g/mol. The van der Waals surface area contributed by atoms with Crippen molar-refractivity contribution in [3.05, 3.63) is 66.5 Å². The van der Waals surface area contributed by atoms with Crippen LogP contribution in [0.3, 0.4) is 0 Å². The zero-order valence-corrected chi connectivity index (χ0v) is 16.7. The van der Waals surface area contributed by atoms with E-state index >= 15 is 0 Å². The highest BCUT2D eigenvalue weighted by molar-refractivity contribution is 5.84. The summed E-state index contributed by atoms with van der Waals surface area (Å²) in [5.41, 5.74) is 4.04. The first-order valence-electron chi connectivity index (χ1n) is 9.16. The lowest BCUT2D eigenvalue weighted by atomic mass is 10.2. The summed E-state index contributed by atoms with van der Waals surface area (Å²) in [7, 11) is 3.17. The molecule has 0 bridgehead atoms. The molecule has 0 aliphatic heterocycles. The molecule has 1 aromatic heterocycles. The Morgan fingerprint density at radius 3 is 2.67 bits per heavy atom. The standard InChI is InChI=1S/C21H23N5O4/c1-28-18-7-5-17(6-8-18)22-14-21(27)25-23-13-16-4-9-19(29-2)20(12-16)30-15-26-11-3-10-24-26/h3-13,22H,14-15H2,1-2H3,(H,25,27)/b23-13+. The van der Waals surface area contributed by atoms with E-state index in [9.17, 15) is 4.79 Å². The van der Waals surface area contributed by atoms with Crippen molar-refractivity contribution >= 4 is 17.8 Å². The maximum absolute atomic E-state index is 12.0. The van der Waals surface area contributed by atoms with Crippen molar-refractivity contribution in [3.63, 3.8) is 0 Å². The number of carbonyl (C=O) groups is 1. The third-order valence-corrected chi connectivity index (χ3v) is 4.05. The van der Waals surface area contributed by atoms with Gasteiger partial charge in [0.2, 0.25) is 0 Å². The van der Waals surface area contributed by atoms with Crippen molar-refractivity contribution in [3.8, 4) is 17.2 Å². The molecule has 2 N–H and O–H groups in total. The fraction of sp³-hybridized carbons (Fsp3) is 0.190. The summed E-state index contributed by atoms with van der Waals surface area (Å²) >= 11 is 0. The maximum atomic E-state index is 12.0. The van der Waals surface area contributed by atoms with Gasteiger partial charge in [0, 0.05) is 18.1 Å². The molecule has 3 aromatic rings. The lowest BCUT2D eigenvalue weighted by Crippen LogP contribution is -2.25. The number of nitrogens with zero attached hydrogens (tertiary/aromatic N) is 3. The van der Waals surface area contributed by atoms with Crippen molar-refractivity contribution < 1.29 is 19.0 Å². The van der Waals surface area contributed by atoms with Crippen LogP contribution in [0.4, 0.5) is 5.69 Å². The first kappa shape index (κ1) is 20.7. The molecule has 0 saturated carbocycles. The van der Waals surface area contributed by atoms with Crippen LogP contribution in [0.2, 0.25) is 0 Å². The lowest BCUT2D eigenvalue weighted by Gasteiger charge is -2.11. The van der Waals surface area contributed by atoms with Gasteiger partial charge < -0.3 is 19.5 Å². The lowest BCUT2D eigenvalue weighted by molar-refractivity contribution is -0.119. The van der Waals surface area contributed by atoms with Crippen LogP contribution >= 0.6 is 0 Å². The van der Waals surface area contributed by atoms with Crippen LogP contribution in [-0.4, -0.2) is 42.7 Å². The molecule has 1 amide bonds. The van der Waals surface area contributed by atoms with Crippen LogP contribution in [-0.2, 0) is 11.5 Å². The Morgan fingerprint density at radius 2 is 1.97 bits per heavy atom. The first-order chi connectivity index (χ1) is 14.7. The number of hydrogen-bond donors (Lipinski definition) is 2. The van der Waals surface area contributed by atoms with Crippen molar-refractivity contribution in [2.45, 2.75) is 6.73 Å². The van der Waals surface area contributed by atoms with Gasteiger partial charge in [0.25, 0.3) is 5.91 Å². The molecule has 0 unspecified atom stereocenters. The molecule has 0 radical (unpaired) electrons. The Morgan fingerprint density at radius 1 is 1.13 bits per heavy atom. The summed E-state index contributed by atoms with van der Waals surface area (Å²) in [4.78, 5) is 12.0. The Balaban J connectivity index is 1.51. The second-order valence-electron chi connectivity index (χ2n) is 6.10. The molecule has 0 saturated heterocycles. The average Bonchev–Trinajstić information content (AvgIpc) is 3.30. The fourth-order valence-corrected chi connectivity index (χ4v) is 2.51. The van der Waals surface area contributed by atoms with E-state index in [1.54, 1.807) is 43.4 Å². The van der Waals surface area contributed by atoms with Crippen molar-refractivity contribution in [2.24, 2.45) is 5.10 Å². The molecule has 0 spiro atoms. The predicted molar refractivity (Wildman–Crippen MR) is 113 cm³/mol. The van der Waals surface area contributed by atoms with Crippen molar-refractivity contribution in [1.82, 2.24) is 15.2 Å². The van der Waals surface area contributed by atoms with Crippen molar-refractivity contribution in [1.29, 1.82) is 0 Å². The molecule has 9 nitrogen and oxygen atoms in total. The van der Waals surface area contributed by atoms with Gasteiger partial charge in [-0.15, -0.1) is 0 Å². The van der Waals surface area contributed by atoms with Gasteiger partial charge in [-0.2, -0.15) is 10.2 Å². The molecule has 30 heavy (non-hydrogen) atoms. The Labute approximate surface area is 174 Å². The Bertz CT molecular complexity index is 972. The molecular weight excluding hydrogens is 386 g/mol. The van der Waals surface area contributed by atoms with Crippen LogP contribution in [0.25, 0.3) is 0 Å². The number of benzene rings is 2. The number of hydrazone groups is 1. The molecular formula is C21H23N5O4. The monoisotopic (exact) mass is 409 g/mol. The van der Waals surface area contributed by atoms with Gasteiger partial charge in [0.15, 0.2) is 18.2 Å². The SMILES string of the molecule is COc1ccc(NCC(=O)N/N=C/c2ccc(OC)c(OCn3cccn3)c2)cc1. The smallest absolute Gasteiger partial charge is 0.259 e. The number of anilines is 1. The van der Waals surface area contributed by atoms with E-state index in [1.807, 2.05) is 36.4 Å². The number of nitrogens with one attached hydrogen (secondary N) is 2. The number of rotatable bonds is 10. The van der Waals surface area contributed by atoms with E-state index in [1.165, 1.54) is 6.21 Å². The topological polar surface area (TPSA) is 99.0 Å². The highest BCUT2D eigenvalue weighted by Crippen LogP contribution is 2.27. The number of ether oxygens (including phenoxy) is 3. The van der Waals surface area contributed by atoms with Gasteiger partial charge >= 0.3 is 0 Å². The van der Waals surface area contributed by atoms with Crippen molar-refractivity contribution in [2.75, 3.05) is 26.1 Å². The largest absolute Gasteiger partial charge is 0.497 e. The third-order valence-electron chi connectivity index (χ3n) is 4.05. The first-order valence-corrected chi connectivity index (χ1v) is 9.16. The predicted octanol–water partition coefficient (Wildman–Crippen LogP) is 2.50. The van der Waals surface area contributed by atoms with Crippen LogP contribution in [0.15, 0.2) is 66.0 Å². The van der Waals surface area contributed by atoms with Gasteiger partial charge in [0.1, 0.15) is 5.75 Å². The van der Waals surface area contributed by atoms with E-state index in [-0.39, 0.29) is 19.2 Å². The van der Waals surface area contributed by atoms with Gasteiger partial charge in [-0.05, 0) is 54.1 Å². The van der Waals surface area contributed by atoms with Crippen LogP contribution in [0.5, 0.6) is 17.2 Å². The molecule has 156 valence electrons. The van der Waals surface area contributed by atoms with Gasteiger partial charge in [0.05, 0.1) is 27.0 Å². The van der Waals surface area contributed by atoms with E-state index in [4.69, 9.17) is 14.2 Å². The number of amides is 1. The molecule has 2 aromatic carbocycles. The molecule has 3 rings (SSSR count). The summed E-state index contributed by atoms with van der Waals surface area (Å²) in [5, 5.41) is 11.1. The van der Waals surface area contributed by atoms with E-state index in [2.05, 4.69) is 20.9 Å². The second-order valence-corrected chi connectivity index (χ2v) is 6.10. The quantitative estimate of drug-likeness (QED) is 0.394. The number of hydrogen-bond acceptors (Lipinski definition) is 7. The summed E-state index contributed by atoms with van der Waals surface area (Å²) in [6, 6.07) is 14.5. The molecule has 0 fully saturated rings. The summed E-state index contributed by atoms with van der Waals surface area (Å²) in [6.45, 7) is 0.336. The third kappa shape index (κ3) is 5.99. The highest BCUT2D eigenvalue weighted by atomic mass is 16.5. The summed E-state index contributed by atoms with van der Waals surface area (Å²) < 4.78 is 17.8. The molecule has 1 heterocycles. The van der Waals surface area contributed by atoms with Crippen LogP contribution < -0.4 is 25.0 Å².